The molecule has 4 aliphatic rings. The molecule has 0 saturated heterocycles. The zero-order valence-corrected chi connectivity index (χ0v) is 13.0. The molecule has 1 N–H and O–H groups in total. The summed E-state index contributed by atoms with van der Waals surface area (Å²) in [6.45, 7) is 1.48. The molecule has 0 aromatic rings. The summed E-state index contributed by atoms with van der Waals surface area (Å²) < 4.78 is 5.15. The normalized spacial score (nSPS) is 39.7. The number of fused-ring (bicyclic) bond motifs is 4. The second-order valence-electron chi connectivity index (χ2n) is 7.07. The van der Waals surface area contributed by atoms with Crippen molar-refractivity contribution < 1.29 is 19.4 Å². The molecule has 0 amide bonds. The SMILES string of the molecule is CC(=O)OC1CC2C=CC1C2.O=C(O)CC1CC2C=CC1C2. The van der Waals surface area contributed by atoms with Gasteiger partial charge in [-0.05, 0) is 49.4 Å². The molecule has 0 spiro atoms. The Kier molecular flexibility index (Phi) is 4.37. The molecule has 4 bridgehead atoms. The monoisotopic (exact) mass is 304 g/mol. The van der Waals surface area contributed by atoms with Crippen LogP contribution in [0.15, 0.2) is 24.3 Å². The van der Waals surface area contributed by atoms with Crippen LogP contribution >= 0.6 is 0 Å². The number of carboxylic acid groups (broad SMARTS) is 1. The minimum atomic E-state index is -0.643. The number of hydrogen-bond donors (Lipinski definition) is 1. The van der Waals surface area contributed by atoms with Crippen LogP contribution in [0.4, 0.5) is 0 Å². The third kappa shape index (κ3) is 3.42. The molecule has 22 heavy (non-hydrogen) atoms. The van der Waals surface area contributed by atoms with Crippen LogP contribution in [0.3, 0.4) is 0 Å². The van der Waals surface area contributed by atoms with Gasteiger partial charge in [-0.15, -0.1) is 0 Å². The Morgan fingerprint density at radius 2 is 1.64 bits per heavy atom. The van der Waals surface area contributed by atoms with Gasteiger partial charge in [-0.2, -0.15) is 0 Å². The van der Waals surface area contributed by atoms with Crippen LogP contribution in [0.25, 0.3) is 0 Å². The minimum Gasteiger partial charge on any atom is -0.481 e. The first-order chi connectivity index (χ1) is 10.5. The molecule has 6 atom stereocenters. The van der Waals surface area contributed by atoms with Crippen molar-refractivity contribution in [2.75, 3.05) is 0 Å². The predicted octanol–water partition coefficient (Wildman–Crippen LogP) is 3.19. The molecule has 6 unspecified atom stereocenters. The van der Waals surface area contributed by atoms with E-state index in [9.17, 15) is 9.59 Å². The first-order valence-corrected chi connectivity index (χ1v) is 8.27. The van der Waals surface area contributed by atoms with Crippen molar-refractivity contribution in [1.82, 2.24) is 0 Å². The van der Waals surface area contributed by atoms with Crippen LogP contribution < -0.4 is 0 Å². The van der Waals surface area contributed by atoms with Gasteiger partial charge in [0.1, 0.15) is 6.10 Å². The number of carbonyl (C=O) groups excluding carboxylic acids is 1. The molecule has 4 rings (SSSR count). The summed E-state index contributed by atoms with van der Waals surface area (Å²) in [6, 6.07) is 0. The summed E-state index contributed by atoms with van der Waals surface area (Å²) in [4.78, 5) is 21.0. The molecule has 0 aromatic carbocycles. The fraction of sp³-hybridized carbons (Fsp3) is 0.667. The highest BCUT2D eigenvalue weighted by molar-refractivity contribution is 5.67. The lowest BCUT2D eigenvalue weighted by atomic mass is 9.91. The van der Waals surface area contributed by atoms with E-state index in [0.717, 1.165) is 12.8 Å². The molecule has 0 aromatic heterocycles. The lowest BCUT2D eigenvalue weighted by molar-refractivity contribution is -0.147. The quantitative estimate of drug-likeness (QED) is 0.642. The topological polar surface area (TPSA) is 63.6 Å². The van der Waals surface area contributed by atoms with Gasteiger partial charge in [0.15, 0.2) is 0 Å². The number of esters is 1. The van der Waals surface area contributed by atoms with Gasteiger partial charge in [0.25, 0.3) is 0 Å². The van der Waals surface area contributed by atoms with Crippen molar-refractivity contribution in [3.05, 3.63) is 24.3 Å². The van der Waals surface area contributed by atoms with E-state index < -0.39 is 5.97 Å². The molecule has 4 nitrogen and oxygen atoms in total. The number of aliphatic carboxylic acids is 1. The summed E-state index contributed by atoms with van der Waals surface area (Å²) in [5.74, 6) is 2.13. The third-order valence-corrected chi connectivity index (χ3v) is 5.39. The Labute approximate surface area is 131 Å². The number of carboxylic acids is 1. The maximum Gasteiger partial charge on any atom is 0.303 e. The Hall–Kier alpha value is -1.58. The number of hydrogen-bond acceptors (Lipinski definition) is 3. The zero-order chi connectivity index (χ0) is 15.7. The van der Waals surface area contributed by atoms with Crippen LogP contribution in [-0.4, -0.2) is 23.1 Å². The minimum absolute atomic E-state index is 0.143. The Bertz CT molecular complexity index is 461. The zero-order valence-electron chi connectivity index (χ0n) is 13.0. The summed E-state index contributed by atoms with van der Waals surface area (Å²) in [7, 11) is 0. The van der Waals surface area contributed by atoms with Crippen molar-refractivity contribution in [3.63, 3.8) is 0 Å². The lowest BCUT2D eigenvalue weighted by Crippen LogP contribution is -2.20. The van der Waals surface area contributed by atoms with Gasteiger partial charge in [-0.3, -0.25) is 9.59 Å². The highest BCUT2D eigenvalue weighted by Crippen LogP contribution is 2.44. The fourth-order valence-electron chi connectivity index (χ4n) is 4.43. The summed E-state index contributed by atoms with van der Waals surface area (Å²) in [5, 5.41) is 8.58. The summed E-state index contributed by atoms with van der Waals surface area (Å²) >= 11 is 0. The third-order valence-electron chi connectivity index (χ3n) is 5.39. The van der Waals surface area contributed by atoms with Crippen LogP contribution in [0.1, 0.15) is 39.0 Å². The molecular formula is C18H24O4. The molecule has 2 saturated carbocycles. The van der Waals surface area contributed by atoms with Gasteiger partial charge in [-0.25, -0.2) is 0 Å². The number of rotatable bonds is 3. The van der Waals surface area contributed by atoms with Gasteiger partial charge in [-0.1, -0.05) is 24.3 Å². The maximum absolute atomic E-state index is 10.6. The van der Waals surface area contributed by atoms with Gasteiger partial charge in [0, 0.05) is 19.3 Å². The Morgan fingerprint density at radius 3 is 2.05 bits per heavy atom. The second-order valence-corrected chi connectivity index (χ2v) is 7.07. The van der Waals surface area contributed by atoms with Crippen molar-refractivity contribution in [2.45, 2.75) is 45.1 Å². The molecule has 0 aliphatic heterocycles. The second kappa shape index (κ2) is 6.27. The van der Waals surface area contributed by atoms with Crippen molar-refractivity contribution >= 4 is 11.9 Å². The van der Waals surface area contributed by atoms with Gasteiger partial charge >= 0.3 is 11.9 Å². The molecule has 0 radical (unpaired) electrons. The van der Waals surface area contributed by atoms with Gasteiger partial charge in [0.2, 0.25) is 0 Å². The predicted molar refractivity (Wildman–Crippen MR) is 82.0 cm³/mol. The summed E-state index contributed by atoms with van der Waals surface area (Å²) in [6.07, 6.45) is 14.0. The maximum atomic E-state index is 10.6. The smallest absolute Gasteiger partial charge is 0.303 e. The Morgan fingerprint density at radius 1 is 1.00 bits per heavy atom. The van der Waals surface area contributed by atoms with E-state index in [-0.39, 0.29) is 12.1 Å². The highest BCUT2D eigenvalue weighted by atomic mass is 16.5. The molecule has 4 aliphatic carbocycles. The van der Waals surface area contributed by atoms with Gasteiger partial charge in [0.05, 0.1) is 0 Å². The molecule has 2 fully saturated rings. The van der Waals surface area contributed by atoms with E-state index in [1.54, 1.807) is 0 Å². The first kappa shape index (κ1) is 15.3. The van der Waals surface area contributed by atoms with Gasteiger partial charge < -0.3 is 9.84 Å². The van der Waals surface area contributed by atoms with E-state index in [0.29, 0.717) is 36.0 Å². The van der Waals surface area contributed by atoms with Crippen LogP contribution in [0, 0.1) is 29.6 Å². The molecule has 120 valence electrons. The lowest BCUT2D eigenvalue weighted by Gasteiger charge is -2.17. The number of allylic oxidation sites excluding steroid dienone is 3. The van der Waals surface area contributed by atoms with Crippen molar-refractivity contribution in [1.29, 1.82) is 0 Å². The molecular weight excluding hydrogens is 280 g/mol. The highest BCUT2D eigenvalue weighted by Gasteiger charge is 2.37. The van der Waals surface area contributed by atoms with Crippen molar-refractivity contribution in [2.24, 2.45) is 29.6 Å². The largest absolute Gasteiger partial charge is 0.481 e. The molecule has 4 heteroatoms. The molecule has 0 heterocycles. The number of carbonyl (C=O) groups is 2. The first-order valence-electron chi connectivity index (χ1n) is 8.27. The summed E-state index contributed by atoms with van der Waals surface area (Å²) in [5.41, 5.74) is 0. The average Bonchev–Trinajstić information content (AvgIpc) is 3.18. The van der Waals surface area contributed by atoms with E-state index >= 15 is 0 Å². The van der Waals surface area contributed by atoms with Crippen LogP contribution in [0.2, 0.25) is 0 Å². The number of ether oxygens (including phenoxy) is 1. The van der Waals surface area contributed by atoms with Crippen molar-refractivity contribution in [3.8, 4) is 0 Å². The Balaban J connectivity index is 0.000000131. The van der Waals surface area contributed by atoms with Crippen LogP contribution in [0.5, 0.6) is 0 Å². The average molecular weight is 304 g/mol. The van der Waals surface area contributed by atoms with E-state index in [4.69, 9.17) is 9.84 Å². The van der Waals surface area contributed by atoms with Crippen LogP contribution in [-0.2, 0) is 14.3 Å². The van der Waals surface area contributed by atoms with E-state index in [1.807, 2.05) is 0 Å². The van der Waals surface area contributed by atoms with E-state index in [1.165, 1.54) is 19.8 Å². The van der Waals surface area contributed by atoms with E-state index in [2.05, 4.69) is 24.3 Å². The fourth-order valence-corrected chi connectivity index (χ4v) is 4.43. The standard InChI is InChI=1S/2C9H12O2/c1-6(10)11-9-5-7-2-3-8(9)4-7;10-9(11)5-8-4-6-1-2-7(8)3-6/h2-3,7-9H,4-5H2,1H3;1-2,6-8H,3-5H2,(H,10,11).